The van der Waals surface area contributed by atoms with Gasteiger partial charge in [-0.15, -0.1) is 0 Å². The van der Waals surface area contributed by atoms with Crippen molar-refractivity contribution in [2.24, 2.45) is 5.92 Å². The molecule has 0 bridgehead atoms. The van der Waals surface area contributed by atoms with Gasteiger partial charge in [0.05, 0.1) is 13.2 Å². The fraction of sp³-hybridized carbons (Fsp3) is 0.611. The van der Waals surface area contributed by atoms with Crippen molar-refractivity contribution in [3.05, 3.63) is 29.8 Å². The first kappa shape index (κ1) is 16.0. The molecule has 0 unspecified atom stereocenters. The molecule has 0 saturated carbocycles. The third kappa shape index (κ3) is 4.85. The van der Waals surface area contributed by atoms with Crippen LogP contribution in [0.4, 0.5) is 0 Å². The van der Waals surface area contributed by atoms with Crippen molar-refractivity contribution in [2.75, 3.05) is 26.2 Å². The van der Waals surface area contributed by atoms with Gasteiger partial charge in [0, 0.05) is 5.56 Å². The fourth-order valence-corrected chi connectivity index (χ4v) is 3.04. The van der Waals surface area contributed by atoms with Crippen molar-refractivity contribution in [1.29, 1.82) is 0 Å². The van der Waals surface area contributed by atoms with Gasteiger partial charge >= 0.3 is 0 Å². The molecule has 1 aliphatic heterocycles. The molecule has 2 rings (SSSR count). The number of hydrogen-bond donors (Lipinski definition) is 0. The number of benzene rings is 1. The molecule has 1 saturated heterocycles. The average molecular weight is 289 g/mol. The van der Waals surface area contributed by atoms with Crippen LogP contribution in [0.1, 0.15) is 49.9 Å². The van der Waals surface area contributed by atoms with Gasteiger partial charge in [-0.1, -0.05) is 19.8 Å². The molecule has 0 aromatic heterocycles. The van der Waals surface area contributed by atoms with Crippen LogP contribution in [0.3, 0.4) is 0 Å². The van der Waals surface area contributed by atoms with E-state index in [1.54, 1.807) is 0 Å². The highest BCUT2D eigenvalue weighted by Gasteiger charge is 2.20. The second-order valence-electron chi connectivity index (χ2n) is 5.89. The van der Waals surface area contributed by atoms with Crippen LogP contribution in [-0.4, -0.2) is 36.9 Å². The van der Waals surface area contributed by atoms with Crippen LogP contribution >= 0.6 is 0 Å². The summed E-state index contributed by atoms with van der Waals surface area (Å²) in [5.74, 6) is 1.91. The average Bonchev–Trinajstić information content (AvgIpc) is 2.50. The Labute approximate surface area is 128 Å². The highest BCUT2D eigenvalue weighted by Crippen LogP contribution is 2.22. The molecule has 0 atom stereocenters. The molecule has 3 heteroatoms. The lowest BCUT2D eigenvalue weighted by Crippen LogP contribution is -2.37. The monoisotopic (exact) mass is 289 g/mol. The smallest absolute Gasteiger partial charge is 0.176 e. The van der Waals surface area contributed by atoms with Crippen LogP contribution in [0.5, 0.6) is 5.75 Å². The number of rotatable bonds is 7. The molecule has 0 radical (unpaired) electrons. The van der Waals surface area contributed by atoms with Crippen molar-refractivity contribution < 1.29 is 9.53 Å². The van der Waals surface area contributed by atoms with Crippen LogP contribution < -0.4 is 4.74 Å². The minimum Gasteiger partial charge on any atom is -0.494 e. The van der Waals surface area contributed by atoms with Crippen LogP contribution in [0.15, 0.2) is 24.3 Å². The first-order valence-electron chi connectivity index (χ1n) is 8.21. The van der Waals surface area contributed by atoms with Crippen molar-refractivity contribution in [3.8, 4) is 5.75 Å². The Bertz CT molecular complexity index is 433. The van der Waals surface area contributed by atoms with Gasteiger partial charge in [-0.3, -0.25) is 9.69 Å². The van der Waals surface area contributed by atoms with Gasteiger partial charge in [0.25, 0.3) is 0 Å². The second-order valence-corrected chi connectivity index (χ2v) is 5.89. The molecule has 1 aromatic rings. The number of ether oxygens (including phenoxy) is 1. The van der Waals surface area contributed by atoms with E-state index in [-0.39, 0.29) is 5.78 Å². The van der Waals surface area contributed by atoms with E-state index in [0.717, 1.165) is 30.3 Å². The molecule has 116 valence electrons. The number of nitrogens with zero attached hydrogens (tertiary/aromatic N) is 1. The van der Waals surface area contributed by atoms with Crippen molar-refractivity contribution in [3.63, 3.8) is 0 Å². The molecule has 3 nitrogen and oxygen atoms in total. The Hall–Kier alpha value is -1.35. The van der Waals surface area contributed by atoms with Crippen LogP contribution in [0, 0.1) is 5.92 Å². The fourth-order valence-electron chi connectivity index (χ4n) is 3.04. The quantitative estimate of drug-likeness (QED) is 0.715. The van der Waals surface area contributed by atoms with E-state index in [4.69, 9.17) is 4.74 Å². The number of ketones is 1. The van der Waals surface area contributed by atoms with Gasteiger partial charge < -0.3 is 4.74 Å². The van der Waals surface area contributed by atoms with E-state index in [9.17, 15) is 4.79 Å². The van der Waals surface area contributed by atoms with Gasteiger partial charge in [0.1, 0.15) is 5.75 Å². The van der Waals surface area contributed by atoms with Gasteiger partial charge in [0.15, 0.2) is 5.78 Å². The van der Waals surface area contributed by atoms with Crippen molar-refractivity contribution >= 4 is 5.78 Å². The number of Topliss-reactive ketones (excluding diaryl/α,β-unsaturated/α-hetero) is 1. The maximum absolute atomic E-state index is 12.3. The Morgan fingerprint density at radius 3 is 2.43 bits per heavy atom. The van der Waals surface area contributed by atoms with E-state index in [2.05, 4.69) is 11.8 Å². The van der Waals surface area contributed by atoms with Crippen molar-refractivity contribution in [2.45, 2.75) is 39.5 Å². The molecule has 0 spiro atoms. The van der Waals surface area contributed by atoms with E-state index in [1.165, 1.54) is 25.7 Å². The van der Waals surface area contributed by atoms with Crippen molar-refractivity contribution in [1.82, 2.24) is 4.90 Å². The summed E-state index contributed by atoms with van der Waals surface area (Å²) < 4.78 is 5.40. The molecule has 1 aromatic carbocycles. The summed E-state index contributed by atoms with van der Waals surface area (Å²) in [6.45, 7) is 7.54. The van der Waals surface area contributed by atoms with Crippen LogP contribution in [-0.2, 0) is 0 Å². The summed E-state index contributed by atoms with van der Waals surface area (Å²) in [7, 11) is 0. The number of carbonyl (C=O) groups excluding carboxylic acids is 1. The lowest BCUT2D eigenvalue weighted by Gasteiger charge is -2.31. The zero-order valence-corrected chi connectivity index (χ0v) is 13.3. The molecule has 0 aliphatic carbocycles. The summed E-state index contributed by atoms with van der Waals surface area (Å²) in [6, 6.07) is 7.50. The zero-order valence-electron chi connectivity index (χ0n) is 13.3. The molecular weight excluding hydrogens is 262 g/mol. The Morgan fingerprint density at radius 2 is 1.86 bits per heavy atom. The Morgan fingerprint density at radius 1 is 1.19 bits per heavy atom. The summed E-state index contributed by atoms with van der Waals surface area (Å²) >= 11 is 0. The summed E-state index contributed by atoms with van der Waals surface area (Å²) in [6.07, 6.45) is 5.09. The normalized spacial score (nSPS) is 16.9. The molecule has 0 amide bonds. The van der Waals surface area contributed by atoms with Crippen LogP contribution in [0.2, 0.25) is 0 Å². The number of likely N-dealkylation sites (tertiary alicyclic amines) is 1. The third-order valence-corrected chi connectivity index (χ3v) is 4.26. The van der Waals surface area contributed by atoms with E-state index >= 15 is 0 Å². The molecule has 1 aliphatic rings. The molecular formula is C18H27NO2. The second kappa shape index (κ2) is 8.18. The lowest BCUT2D eigenvalue weighted by atomic mass is 9.92. The van der Waals surface area contributed by atoms with E-state index < -0.39 is 0 Å². The van der Waals surface area contributed by atoms with Crippen LogP contribution in [0.25, 0.3) is 0 Å². The SMILES string of the molecule is CCCC1CCN(CC(=O)c2ccc(OCC)cc2)CC1. The largest absolute Gasteiger partial charge is 0.494 e. The van der Waals surface area contributed by atoms with Gasteiger partial charge in [0.2, 0.25) is 0 Å². The first-order chi connectivity index (χ1) is 10.2. The molecule has 1 fully saturated rings. The van der Waals surface area contributed by atoms with E-state index in [0.29, 0.717) is 13.2 Å². The first-order valence-corrected chi connectivity index (χ1v) is 8.21. The Kier molecular flexibility index (Phi) is 6.24. The van der Waals surface area contributed by atoms with Gasteiger partial charge in [-0.05, 0) is 63.0 Å². The molecule has 0 N–H and O–H groups in total. The Balaban J connectivity index is 1.81. The zero-order chi connectivity index (χ0) is 15.1. The van der Waals surface area contributed by atoms with Gasteiger partial charge in [-0.2, -0.15) is 0 Å². The number of piperidine rings is 1. The molecule has 21 heavy (non-hydrogen) atoms. The predicted molar refractivity (Wildman–Crippen MR) is 86.0 cm³/mol. The summed E-state index contributed by atoms with van der Waals surface area (Å²) in [4.78, 5) is 14.6. The number of hydrogen-bond acceptors (Lipinski definition) is 3. The maximum atomic E-state index is 12.3. The minimum atomic E-state index is 0.215. The highest BCUT2D eigenvalue weighted by atomic mass is 16.5. The summed E-state index contributed by atoms with van der Waals surface area (Å²) in [5.41, 5.74) is 0.786. The highest BCUT2D eigenvalue weighted by molar-refractivity contribution is 5.97. The lowest BCUT2D eigenvalue weighted by molar-refractivity contribution is 0.0893. The predicted octanol–water partition coefficient (Wildman–Crippen LogP) is 3.78. The minimum absolute atomic E-state index is 0.215. The molecule has 1 heterocycles. The maximum Gasteiger partial charge on any atom is 0.176 e. The summed E-state index contributed by atoms with van der Waals surface area (Å²) in [5, 5.41) is 0. The number of carbonyl (C=O) groups is 1. The topological polar surface area (TPSA) is 29.5 Å². The van der Waals surface area contributed by atoms with Gasteiger partial charge in [-0.25, -0.2) is 0 Å². The third-order valence-electron chi connectivity index (χ3n) is 4.26. The standard InChI is InChI=1S/C18H27NO2/c1-3-5-15-10-12-19(13-11-15)14-18(20)16-6-8-17(9-7-16)21-4-2/h6-9,15H,3-5,10-14H2,1-2H3. The van der Waals surface area contributed by atoms with E-state index in [1.807, 2.05) is 31.2 Å².